The molecule has 0 bridgehead atoms. The van der Waals surface area contributed by atoms with E-state index in [4.69, 9.17) is 0 Å². The number of benzene rings is 9. The van der Waals surface area contributed by atoms with Crippen LogP contribution in [0.3, 0.4) is 0 Å². The van der Waals surface area contributed by atoms with Crippen molar-refractivity contribution in [1.29, 1.82) is 0 Å². The first-order chi connectivity index (χ1) is 28.1. The second-order valence-corrected chi connectivity index (χ2v) is 15.7. The molecule has 1 aliphatic rings. The van der Waals surface area contributed by atoms with Crippen LogP contribution in [0, 0.1) is 0 Å². The van der Waals surface area contributed by atoms with Gasteiger partial charge in [0.1, 0.15) is 0 Å². The molecule has 0 fully saturated rings. The van der Waals surface area contributed by atoms with E-state index in [1.54, 1.807) is 0 Å². The summed E-state index contributed by atoms with van der Waals surface area (Å²) < 4.78 is 2.49. The number of fused-ring (bicyclic) bond motifs is 9. The van der Waals surface area contributed by atoms with Gasteiger partial charge in [0.15, 0.2) is 0 Å². The van der Waals surface area contributed by atoms with Gasteiger partial charge in [0.25, 0.3) is 0 Å². The highest BCUT2D eigenvalue weighted by atomic mass is 15.1. The van der Waals surface area contributed by atoms with Crippen molar-refractivity contribution in [3.05, 3.63) is 217 Å². The molecule has 0 radical (unpaired) electrons. The number of rotatable bonds is 6. The molecule has 270 valence electrons. The molecule has 57 heavy (non-hydrogen) atoms. The van der Waals surface area contributed by atoms with Gasteiger partial charge in [-0.05, 0) is 86.8 Å². The molecule has 1 aliphatic carbocycles. The lowest BCUT2D eigenvalue weighted by Gasteiger charge is -2.29. The lowest BCUT2D eigenvalue weighted by Crippen LogP contribution is -2.14. The van der Waals surface area contributed by atoms with Gasteiger partial charge in [0.2, 0.25) is 0 Å². The predicted molar refractivity (Wildman–Crippen MR) is 241 cm³/mol. The monoisotopic (exact) mass is 728 g/mol. The Balaban J connectivity index is 1.27. The maximum Gasteiger partial charge on any atom is 0.0568 e. The van der Waals surface area contributed by atoms with Crippen LogP contribution in [0.2, 0.25) is 0 Å². The highest BCUT2D eigenvalue weighted by Crippen LogP contribution is 2.55. The molecule has 0 spiro atoms. The first kappa shape index (κ1) is 33.2. The van der Waals surface area contributed by atoms with Gasteiger partial charge in [-0.3, -0.25) is 0 Å². The van der Waals surface area contributed by atoms with Crippen molar-refractivity contribution in [2.24, 2.45) is 0 Å². The molecule has 0 N–H and O–H groups in total. The van der Waals surface area contributed by atoms with Gasteiger partial charge >= 0.3 is 0 Å². The second kappa shape index (κ2) is 13.0. The second-order valence-electron chi connectivity index (χ2n) is 15.7. The molecule has 0 unspecified atom stereocenters. The molecule has 9 aromatic carbocycles. The number of para-hydroxylation sites is 2. The van der Waals surface area contributed by atoms with Crippen molar-refractivity contribution in [2.75, 3.05) is 4.90 Å². The third-order valence-corrected chi connectivity index (χ3v) is 12.2. The molecule has 10 aromatic rings. The van der Waals surface area contributed by atoms with E-state index in [-0.39, 0.29) is 5.41 Å². The van der Waals surface area contributed by atoms with Gasteiger partial charge in [-0.15, -0.1) is 0 Å². The summed E-state index contributed by atoms with van der Waals surface area (Å²) in [7, 11) is 0. The highest BCUT2D eigenvalue weighted by Gasteiger charge is 2.37. The van der Waals surface area contributed by atoms with Gasteiger partial charge < -0.3 is 9.47 Å². The van der Waals surface area contributed by atoms with E-state index in [1.807, 2.05) is 0 Å². The molecule has 0 amide bonds. The van der Waals surface area contributed by atoms with Crippen molar-refractivity contribution in [1.82, 2.24) is 4.57 Å². The van der Waals surface area contributed by atoms with Gasteiger partial charge in [-0.2, -0.15) is 0 Å². The van der Waals surface area contributed by atoms with Crippen LogP contribution in [0.5, 0.6) is 0 Å². The Morgan fingerprint density at radius 3 is 1.72 bits per heavy atom. The Morgan fingerprint density at radius 1 is 0.404 bits per heavy atom. The number of anilines is 3. The lowest BCUT2D eigenvalue weighted by molar-refractivity contribution is 0.661. The molecule has 2 heteroatoms. The number of aromatic nitrogens is 1. The zero-order valence-electron chi connectivity index (χ0n) is 32.0. The third-order valence-electron chi connectivity index (χ3n) is 12.2. The fourth-order valence-corrected chi connectivity index (χ4v) is 9.55. The smallest absolute Gasteiger partial charge is 0.0568 e. The fourth-order valence-electron chi connectivity index (χ4n) is 9.55. The summed E-state index contributed by atoms with van der Waals surface area (Å²) in [5.74, 6) is 0. The quantitative estimate of drug-likeness (QED) is 0.165. The van der Waals surface area contributed by atoms with Crippen LogP contribution in [0.4, 0.5) is 17.1 Å². The van der Waals surface area contributed by atoms with Gasteiger partial charge in [-0.25, -0.2) is 0 Å². The average molecular weight is 729 g/mol. The van der Waals surface area contributed by atoms with Crippen LogP contribution < -0.4 is 4.90 Å². The molecule has 0 atom stereocenters. The summed E-state index contributed by atoms with van der Waals surface area (Å²) in [6, 6.07) is 75.5. The first-order valence-corrected chi connectivity index (χ1v) is 19.9. The lowest BCUT2D eigenvalue weighted by atomic mass is 9.82. The van der Waals surface area contributed by atoms with Gasteiger partial charge in [0.05, 0.1) is 22.4 Å². The minimum Gasteiger partial charge on any atom is -0.309 e. The van der Waals surface area contributed by atoms with Gasteiger partial charge in [-0.1, -0.05) is 178 Å². The van der Waals surface area contributed by atoms with Crippen LogP contribution in [-0.2, 0) is 5.41 Å². The number of hydrogen-bond donors (Lipinski definition) is 0. The predicted octanol–water partition coefficient (Wildman–Crippen LogP) is 15.0. The van der Waals surface area contributed by atoms with E-state index in [0.29, 0.717) is 0 Å². The first-order valence-electron chi connectivity index (χ1n) is 19.9. The minimum absolute atomic E-state index is 0.110. The van der Waals surface area contributed by atoms with Gasteiger partial charge in [0, 0.05) is 38.5 Å². The van der Waals surface area contributed by atoms with Crippen LogP contribution in [0.15, 0.2) is 206 Å². The van der Waals surface area contributed by atoms with Crippen LogP contribution in [-0.4, -0.2) is 4.57 Å². The van der Waals surface area contributed by atoms with Crippen LogP contribution in [0.25, 0.3) is 71.6 Å². The highest BCUT2D eigenvalue weighted by molar-refractivity contribution is 6.28. The topological polar surface area (TPSA) is 8.17 Å². The SMILES string of the molecule is CC1(C)c2ccccc2-c2c1ccc1c2c2c3ccccc3c(N(c3ccc(-c4ccccc4)cc3)c3ccccc3-c3ccccc3)cc2n1-c1ccccc1. The molecule has 0 saturated heterocycles. The van der Waals surface area contributed by atoms with Crippen molar-refractivity contribution in [3.63, 3.8) is 0 Å². The van der Waals surface area contributed by atoms with E-state index >= 15 is 0 Å². The minimum atomic E-state index is -0.110. The Morgan fingerprint density at radius 2 is 0.982 bits per heavy atom. The standard InChI is InChI=1S/C55H40N2/c1-55(2)46-28-16-14-27-45(46)52-47(55)34-35-49-54(52)53-44-26-13-12-25-43(44)50(36-51(53)57(49)40-22-10-5-11-23-40)56(41-32-30-38(31-33-41)37-18-6-3-7-19-37)48-29-17-15-24-42(48)39-20-8-4-9-21-39/h3-36H,1-2H3. The maximum absolute atomic E-state index is 2.49. The molecule has 0 aliphatic heterocycles. The molecule has 1 heterocycles. The Kier molecular flexibility index (Phi) is 7.55. The maximum atomic E-state index is 2.49. The third kappa shape index (κ3) is 5.11. The van der Waals surface area contributed by atoms with Crippen molar-refractivity contribution < 1.29 is 0 Å². The Hall–Kier alpha value is -7.16. The summed E-state index contributed by atoms with van der Waals surface area (Å²) in [6.07, 6.45) is 0. The van der Waals surface area contributed by atoms with E-state index in [1.165, 1.54) is 77.1 Å². The van der Waals surface area contributed by atoms with Crippen molar-refractivity contribution in [2.45, 2.75) is 19.3 Å². The Labute approximate surface area is 333 Å². The van der Waals surface area contributed by atoms with E-state index in [2.05, 4.69) is 230 Å². The van der Waals surface area contributed by atoms with Crippen LogP contribution >= 0.6 is 0 Å². The largest absolute Gasteiger partial charge is 0.309 e. The van der Waals surface area contributed by atoms with E-state index in [9.17, 15) is 0 Å². The van der Waals surface area contributed by atoms with E-state index < -0.39 is 0 Å². The summed E-state index contributed by atoms with van der Waals surface area (Å²) in [6.45, 7) is 4.75. The van der Waals surface area contributed by atoms with Crippen molar-refractivity contribution >= 4 is 49.6 Å². The summed E-state index contributed by atoms with van der Waals surface area (Å²) in [5.41, 5.74) is 17.0. The zero-order valence-corrected chi connectivity index (χ0v) is 32.0. The molecule has 1 aromatic heterocycles. The molecule has 11 rings (SSSR count). The van der Waals surface area contributed by atoms with Crippen LogP contribution in [0.1, 0.15) is 25.0 Å². The summed E-state index contributed by atoms with van der Waals surface area (Å²) >= 11 is 0. The molecular formula is C55H40N2. The molecular weight excluding hydrogens is 689 g/mol. The number of hydrogen-bond acceptors (Lipinski definition) is 1. The Bertz CT molecular complexity index is 3120. The number of nitrogens with zero attached hydrogens (tertiary/aromatic N) is 2. The van der Waals surface area contributed by atoms with E-state index in [0.717, 1.165) is 22.7 Å². The summed E-state index contributed by atoms with van der Waals surface area (Å²) in [5, 5.41) is 5.04. The molecule has 2 nitrogen and oxygen atoms in total. The van der Waals surface area contributed by atoms with Crippen molar-refractivity contribution in [3.8, 4) is 39.1 Å². The fraction of sp³-hybridized carbons (Fsp3) is 0.0545. The zero-order chi connectivity index (χ0) is 38.1. The summed E-state index contributed by atoms with van der Waals surface area (Å²) in [4.78, 5) is 2.48. The molecule has 0 saturated carbocycles. The average Bonchev–Trinajstić information content (AvgIpc) is 3.73. The normalized spacial score (nSPS) is 12.9.